The molecule has 352 valence electrons. The van der Waals surface area contributed by atoms with Crippen LogP contribution in [0, 0.1) is 18.3 Å². The molecule has 7 amide bonds. The fraction of sp³-hybridized carbons (Fsp3) is 0.600. The van der Waals surface area contributed by atoms with E-state index in [1.807, 2.05) is 5.32 Å². The van der Waals surface area contributed by atoms with Gasteiger partial charge in [0.15, 0.2) is 0 Å². The van der Waals surface area contributed by atoms with Gasteiger partial charge in [-0.05, 0) is 35.8 Å². The number of amides is 7. The lowest BCUT2D eigenvalue weighted by atomic mass is 9.85. The van der Waals surface area contributed by atoms with Gasteiger partial charge in [0.2, 0.25) is 41.4 Å². The van der Waals surface area contributed by atoms with Crippen molar-refractivity contribution in [3.8, 4) is 0 Å². The first kappa shape index (κ1) is 55.3. The van der Waals surface area contributed by atoms with Crippen LogP contribution in [-0.2, 0) is 54.4 Å². The Hall–Kier alpha value is -5.74. The summed E-state index contributed by atoms with van der Waals surface area (Å²) in [6, 6.07) is -2.85. The molecule has 9 N–H and O–H groups in total. The van der Waals surface area contributed by atoms with Gasteiger partial charge < -0.3 is 52.2 Å². The molecule has 0 aliphatic rings. The number of thioether (sulfide) groups is 1. The second kappa shape index (κ2) is 26.0. The summed E-state index contributed by atoms with van der Waals surface area (Å²) < 4.78 is 39.2. The van der Waals surface area contributed by atoms with Crippen molar-refractivity contribution in [1.29, 1.82) is 0 Å². The summed E-state index contributed by atoms with van der Waals surface area (Å²) in [6.07, 6.45) is -8.94. The molecule has 0 saturated heterocycles. The lowest BCUT2D eigenvalue weighted by molar-refractivity contribution is -0.147. The Kier molecular flexibility index (Phi) is 22.8. The van der Waals surface area contributed by atoms with E-state index in [2.05, 4.69) is 31.9 Å². The molecule has 1 aromatic carbocycles. The molecule has 0 fully saturated rings. The summed E-state index contributed by atoms with van der Waals surface area (Å²) in [5, 5.41) is 35.1. The molecule has 1 aromatic rings. The van der Waals surface area contributed by atoms with Crippen LogP contribution in [0.3, 0.4) is 0 Å². The Morgan fingerprint density at radius 3 is 1.81 bits per heavy atom. The first-order valence-corrected chi connectivity index (χ1v) is 20.9. The molecule has 6 atom stereocenters. The number of carbonyl (C=O) groups excluding carboxylic acids is 8. The van der Waals surface area contributed by atoms with Crippen molar-refractivity contribution >= 4 is 71.3 Å². The molecule has 0 saturated carbocycles. The second-order valence-electron chi connectivity index (χ2n) is 16.2. The minimum absolute atomic E-state index is 0.0527. The van der Waals surface area contributed by atoms with Gasteiger partial charge >= 0.3 is 18.1 Å². The second-order valence-corrected chi connectivity index (χ2v) is 17.2. The van der Waals surface area contributed by atoms with Crippen molar-refractivity contribution < 1.29 is 71.3 Å². The van der Waals surface area contributed by atoms with Crippen LogP contribution in [0.4, 0.5) is 13.2 Å². The van der Waals surface area contributed by atoms with Gasteiger partial charge in [-0.3, -0.25) is 43.2 Å². The number of carboxylic acids is 2. The third kappa shape index (κ3) is 22.3. The molecule has 23 heteroatoms. The highest BCUT2D eigenvalue weighted by Crippen LogP contribution is 2.23. The maximum absolute atomic E-state index is 14.3. The van der Waals surface area contributed by atoms with Crippen LogP contribution in [0.5, 0.6) is 0 Å². The number of aliphatic carboxylic acids is 2. The van der Waals surface area contributed by atoms with E-state index in [1.54, 1.807) is 65.8 Å². The molecule has 0 radical (unpaired) electrons. The number of aryl methyl sites for hydroxylation is 1. The van der Waals surface area contributed by atoms with Gasteiger partial charge in [0, 0.05) is 25.5 Å². The van der Waals surface area contributed by atoms with Gasteiger partial charge in [-0.1, -0.05) is 58.9 Å². The minimum Gasteiger partial charge on any atom is -0.481 e. The molecule has 1 rings (SSSR count). The van der Waals surface area contributed by atoms with Crippen molar-refractivity contribution in [2.75, 3.05) is 11.6 Å². The SMILES string of the molecule is CC(=O)NCSC[C@H](NC(=O)[C@H](CC(=O)O)NC(=O)CCC(=O)O)C(=O)N[C@@H](Cc1ccccc1C)C(=O)N[C@H](C(=O)N[C@@H](CC(C)C)C(=O)NC(C=O)CC(F)(F)F)C(C)(C)C. The molecule has 0 bridgehead atoms. The number of carbonyl (C=O) groups is 10. The molecule has 0 aliphatic heterocycles. The zero-order valence-corrected chi connectivity index (χ0v) is 36.9. The highest BCUT2D eigenvalue weighted by molar-refractivity contribution is 7.99. The van der Waals surface area contributed by atoms with Crippen molar-refractivity contribution in [3.63, 3.8) is 0 Å². The molecular weight excluding hydrogens is 860 g/mol. The molecule has 63 heavy (non-hydrogen) atoms. The van der Waals surface area contributed by atoms with Crippen LogP contribution in [0.2, 0.25) is 0 Å². The van der Waals surface area contributed by atoms with Crippen LogP contribution in [-0.4, -0.2) is 124 Å². The van der Waals surface area contributed by atoms with E-state index in [0.29, 0.717) is 11.1 Å². The Labute approximate surface area is 367 Å². The minimum atomic E-state index is -4.79. The molecule has 1 unspecified atom stereocenters. The number of hydrogen-bond donors (Lipinski definition) is 9. The number of carboxylic acid groups (broad SMARTS) is 2. The topological polar surface area (TPSA) is 295 Å². The molecule has 0 spiro atoms. The lowest BCUT2D eigenvalue weighted by Crippen LogP contribution is -2.62. The standard InChI is InChI=1S/C40H58F3N7O12S/c1-21(2)14-26(34(58)45-25(18-51)17-40(41,42)43)48-38(62)33(39(5,6)7)50-36(60)27(15-24-11-9-8-10-22(24)3)47-37(61)29(19-63-20-44-23(4)52)49-35(59)28(16-32(56)57)46-30(53)12-13-31(54)55/h8-11,18,21,25-29,33H,12-17,19-20H2,1-7H3,(H,44,52)(H,45,58)(H,46,53)(H,47,61)(H,48,62)(H,49,59)(H,50,60)(H,54,55)(H,56,57)/t25?,26-,27-,28-,29-,33+/m0/s1. The highest BCUT2D eigenvalue weighted by atomic mass is 32.2. The Morgan fingerprint density at radius 1 is 0.730 bits per heavy atom. The van der Waals surface area contributed by atoms with E-state index in [9.17, 15) is 66.2 Å². The Balaban J connectivity index is 3.59. The average Bonchev–Trinajstić information content (AvgIpc) is 3.15. The van der Waals surface area contributed by atoms with Gasteiger partial charge in [-0.25, -0.2) is 0 Å². The molecule has 0 aromatic heterocycles. The van der Waals surface area contributed by atoms with Crippen LogP contribution in [0.25, 0.3) is 0 Å². The smallest absolute Gasteiger partial charge is 0.391 e. The maximum Gasteiger partial charge on any atom is 0.391 e. The van der Waals surface area contributed by atoms with E-state index in [4.69, 9.17) is 5.11 Å². The Bertz CT molecular complexity index is 1810. The number of alkyl halides is 3. The zero-order valence-electron chi connectivity index (χ0n) is 36.1. The van der Waals surface area contributed by atoms with E-state index in [1.165, 1.54) is 6.92 Å². The third-order valence-corrected chi connectivity index (χ3v) is 9.87. The Morgan fingerprint density at radius 2 is 1.29 bits per heavy atom. The van der Waals surface area contributed by atoms with Gasteiger partial charge in [0.05, 0.1) is 31.2 Å². The summed E-state index contributed by atoms with van der Waals surface area (Å²) in [7, 11) is 0. The van der Waals surface area contributed by atoms with E-state index in [0.717, 1.165) is 11.8 Å². The van der Waals surface area contributed by atoms with Gasteiger partial charge in [0.1, 0.15) is 36.5 Å². The van der Waals surface area contributed by atoms with Crippen molar-refractivity contribution in [2.24, 2.45) is 11.3 Å². The average molecular weight is 918 g/mol. The van der Waals surface area contributed by atoms with Crippen molar-refractivity contribution in [2.45, 2.75) is 129 Å². The van der Waals surface area contributed by atoms with Crippen LogP contribution in [0.15, 0.2) is 24.3 Å². The third-order valence-electron chi connectivity index (χ3n) is 8.95. The molecule has 0 aliphatic carbocycles. The highest BCUT2D eigenvalue weighted by Gasteiger charge is 2.39. The summed E-state index contributed by atoms with van der Waals surface area (Å²) >= 11 is 0.953. The number of halogens is 3. The monoisotopic (exact) mass is 917 g/mol. The van der Waals surface area contributed by atoms with Gasteiger partial charge in [0.25, 0.3) is 0 Å². The quantitative estimate of drug-likeness (QED) is 0.0355. The zero-order chi connectivity index (χ0) is 48.2. The van der Waals surface area contributed by atoms with Crippen molar-refractivity contribution in [1.82, 2.24) is 37.2 Å². The van der Waals surface area contributed by atoms with Crippen LogP contribution in [0.1, 0.15) is 84.8 Å². The predicted molar refractivity (Wildman–Crippen MR) is 222 cm³/mol. The summed E-state index contributed by atoms with van der Waals surface area (Å²) in [6.45, 7) is 11.0. The number of benzene rings is 1. The summed E-state index contributed by atoms with van der Waals surface area (Å²) in [5.74, 6) is -9.92. The lowest BCUT2D eigenvalue weighted by Gasteiger charge is -2.34. The first-order chi connectivity index (χ1) is 29.1. The summed E-state index contributed by atoms with van der Waals surface area (Å²) in [4.78, 5) is 127. The van der Waals surface area contributed by atoms with E-state index >= 15 is 0 Å². The number of hydrogen-bond acceptors (Lipinski definition) is 11. The first-order valence-electron chi connectivity index (χ1n) is 19.8. The van der Waals surface area contributed by atoms with Crippen molar-refractivity contribution in [3.05, 3.63) is 35.4 Å². The van der Waals surface area contributed by atoms with Gasteiger partial charge in [-0.15, -0.1) is 11.8 Å². The summed E-state index contributed by atoms with van der Waals surface area (Å²) in [5.41, 5.74) is 0.155. The van der Waals surface area contributed by atoms with E-state index < -0.39 is 127 Å². The van der Waals surface area contributed by atoms with Crippen LogP contribution >= 0.6 is 11.8 Å². The molecular formula is C40H58F3N7O12S. The fourth-order valence-electron chi connectivity index (χ4n) is 5.74. The predicted octanol–water partition coefficient (Wildman–Crippen LogP) is 0.856. The molecule has 0 heterocycles. The number of rotatable bonds is 26. The van der Waals surface area contributed by atoms with E-state index in [-0.39, 0.29) is 36.7 Å². The largest absolute Gasteiger partial charge is 0.481 e. The van der Waals surface area contributed by atoms with Crippen LogP contribution < -0.4 is 37.2 Å². The molecule has 19 nitrogen and oxygen atoms in total. The van der Waals surface area contributed by atoms with Gasteiger partial charge in [-0.2, -0.15) is 13.2 Å². The number of nitrogens with one attached hydrogen (secondary N) is 7. The maximum atomic E-state index is 14.3. The fourth-order valence-corrected chi connectivity index (χ4v) is 6.63. The normalized spacial score (nSPS) is 14.3. The number of aldehydes is 1.